The maximum atomic E-state index is 12.9. The molecule has 5 rings (SSSR count). The van der Waals surface area contributed by atoms with Gasteiger partial charge in [0.25, 0.3) is 0 Å². The summed E-state index contributed by atoms with van der Waals surface area (Å²) in [5.41, 5.74) is 0. The molecular weight excluding hydrogens is 925 g/mol. The Bertz CT molecular complexity index is 1410. The molecule has 0 amide bonds. The minimum Gasteiger partial charge on any atom is -0.462 e. The van der Waals surface area contributed by atoms with E-state index >= 15 is 0 Å². The Morgan fingerprint density at radius 2 is 0.658 bits per heavy atom. The third kappa shape index (κ3) is 30.1. The van der Waals surface area contributed by atoms with Crippen LogP contribution in [0.25, 0.3) is 0 Å². The van der Waals surface area contributed by atoms with Gasteiger partial charge < -0.3 is 43.0 Å². The van der Waals surface area contributed by atoms with E-state index in [2.05, 4.69) is 20.8 Å². The molecule has 0 aliphatic carbocycles. The van der Waals surface area contributed by atoms with Crippen molar-refractivity contribution in [1.29, 1.82) is 0 Å². The van der Waals surface area contributed by atoms with Gasteiger partial charge in [0.05, 0.1) is 67.1 Å². The van der Waals surface area contributed by atoms with Gasteiger partial charge in [0.1, 0.15) is 13.2 Å². The van der Waals surface area contributed by atoms with E-state index in [1.807, 2.05) is 0 Å². The van der Waals surface area contributed by atoms with Gasteiger partial charge in [-0.05, 0) is 70.6 Å². The van der Waals surface area contributed by atoms with Crippen molar-refractivity contribution < 1.29 is 57.4 Å². The van der Waals surface area contributed by atoms with Crippen LogP contribution in [0.15, 0.2) is 0 Å². The number of epoxide rings is 5. The van der Waals surface area contributed by atoms with E-state index in [0.29, 0.717) is 73.9 Å². The van der Waals surface area contributed by atoms with Crippen LogP contribution in [0.3, 0.4) is 0 Å². The Morgan fingerprint density at radius 3 is 1.05 bits per heavy atom. The van der Waals surface area contributed by atoms with Gasteiger partial charge in [-0.2, -0.15) is 0 Å². The lowest BCUT2D eigenvalue weighted by Gasteiger charge is -2.18. The Kier molecular flexibility index (Phi) is 32.2. The summed E-state index contributed by atoms with van der Waals surface area (Å²) >= 11 is 0. The summed E-state index contributed by atoms with van der Waals surface area (Å²) in [7, 11) is 0. The highest BCUT2D eigenvalue weighted by molar-refractivity contribution is 5.71. The van der Waals surface area contributed by atoms with E-state index in [-0.39, 0.29) is 43.6 Å². The first kappa shape index (κ1) is 62.0. The number of rotatable bonds is 52. The highest BCUT2D eigenvalue weighted by Gasteiger charge is 2.48. The molecule has 5 aliphatic heterocycles. The van der Waals surface area contributed by atoms with E-state index in [9.17, 15) is 19.5 Å². The fraction of sp³-hybridized carbons (Fsp3) is 0.951. The lowest BCUT2D eigenvalue weighted by molar-refractivity contribution is -0.167. The Hall–Kier alpha value is -1.83. The monoisotopic (exact) mass is 1030 g/mol. The van der Waals surface area contributed by atoms with Crippen LogP contribution in [-0.4, -0.2) is 109 Å². The molecule has 73 heavy (non-hydrogen) atoms. The molecule has 5 saturated heterocycles. The van der Waals surface area contributed by atoms with Gasteiger partial charge in [-0.3, -0.25) is 14.4 Å². The molecule has 0 bridgehead atoms. The predicted molar refractivity (Wildman–Crippen MR) is 287 cm³/mol. The van der Waals surface area contributed by atoms with Crippen LogP contribution < -0.4 is 0 Å². The van der Waals surface area contributed by atoms with Gasteiger partial charge in [-0.15, -0.1) is 0 Å². The highest BCUT2D eigenvalue weighted by Crippen LogP contribution is 2.40. The van der Waals surface area contributed by atoms with Crippen LogP contribution in [0, 0.1) is 0 Å². The molecule has 0 aromatic rings. The molecule has 0 saturated carbocycles. The van der Waals surface area contributed by atoms with Crippen molar-refractivity contribution in [3.63, 3.8) is 0 Å². The molecule has 0 aromatic heterocycles. The average Bonchev–Trinajstić information content (AvgIpc) is 4.10. The smallest absolute Gasteiger partial charge is 0.306 e. The predicted octanol–water partition coefficient (Wildman–Crippen LogP) is 14.2. The van der Waals surface area contributed by atoms with Crippen LogP contribution >= 0.6 is 0 Å². The first-order valence-corrected chi connectivity index (χ1v) is 31.2. The number of aliphatic hydroxyl groups excluding tert-OH is 1. The summed E-state index contributed by atoms with van der Waals surface area (Å²) in [6.45, 7) is 6.48. The van der Waals surface area contributed by atoms with Crippen molar-refractivity contribution in [2.45, 2.75) is 357 Å². The molecule has 1 N–H and O–H groups in total. The van der Waals surface area contributed by atoms with Crippen LogP contribution in [-0.2, 0) is 52.3 Å². The molecule has 5 heterocycles. The van der Waals surface area contributed by atoms with Gasteiger partial charge in [0, 0.05) is 32.1 Å². The number of ether oxygens (including phenoxy) is 8. The second kappa shape index (κ2) is 37.9. The largest absolute Gasteiger partial charge is 0.462 e. The van der Waals surface area contributed by atoms with Gasteiger partial charge in [-0.25, -0.2) is 0 Å². The van der Waals surface area contributed by atoms with Gasteiger partial charge >= 0.3 is 17.9 Å². The zero-order valence-corrected chi connectivity index (χ0v) is 46.8. The molecule has 12 atom stereocenters. The maximum Gasteiger partial charge on any atom is 0.306 e. The molecule has 424 valence electrons. The molecule has 0 spiro atoms. The second-order valence-electron chi connectivity index (χ2n) is 23.1. The lowest BCUT2D eigenvalue weighted by Crippen LogP contribution is -2.30. The van der Waals surface area contributed by atoms with Gasteiger partial charge in [0.15, 0.2) is 6.10 Å². The third-order valence-electron chi connectivity index (χ3n) is 16.2. The summed E-state index contributed by atoms with van der Waals surface area (Å²) in [5, 5.41) is 10.4. The quantitative estimate of drug-likeness (QED) is 0.0266. The standard InChI is InChI=1S/C61H108O12/c1-4-7-23-33-49-54(69-49)42-41-47(62)32-26-17-12-10-14-20-29-38-59(63)66-45-48(68-61(65)40-31-22-16-19-28-37-53-58(73-53)44-56-51(71-56)35-25-9-6-3)46-67-60(64)39-30-21-15-11-13-18-27-36-52-57(72-52)43-55-50(70-55)34-24-8-5-2/h47-58,62H,4-46H2,1-3H3. The topological polar surface area (TPSA) is 162 Å². The number of carbonyl (C=O) groups excluding carboxylic acids is 3. The lowest BCUT2D eigenvalue weighted by atomic mass is 10.0. The summed E-state index contributed by atoms with van der Waals surface area (Å²) < 4.78 is 46.3. The van der Waals surface area contributed by atoms with Crippen molar-refractivity contribution >= 4 is 17.9 Å². The number of hydrogen-bond donors (Lipinski definition) is 1. The molecule has 5 aliphatic rings. The summed E-state index contributed by atoms with van der Waals surface area (Å²) in [4.78, 5) is 38.4. The molecule has 12 heteroatoms. The molecular formula is C61H108O12. The number of unbranched alkanes of at least 4 members (excludes halogenated alkanes) is 22. The highest BCUT2D eigenvalue weighted by atomic mass is 16.6. The summed E-state index contributed by atoms with van der Waals surface area (Å²) in [5.74, 6) is -0.976. The van der Waals surface area contributed by atoms with Crippen LogP contribution in [0.5, 0.6) is 0 Å². The van der Waals surface area contributed by atoms with Crippen LogP contribution in [0.2, 0.25) is 0 Å². The minimum absolute atomic E-state index is 0.112. The Labute approximate surface area is 444 Å². The van der Waals surface area contributed by atoms with Crippen molar-refractivity contribution in [2.75, 3.05) is 13.2 Å². The van der Waals surface area contributed by atoms with Crippen molar-refractivity contribution in [2.24, 2.45) is 0 Å². The SMILES string of the molecule is CCCCCC1OC1CCC(O)CCCCCCCCCC(=O)OCC(COC(=O)CCCCCCCCCC1OC1CC1OC1CCCCC)OC(=O)CCCCCCCC1OC1CC1OC1CCCCC. The Morgan fingerprint density at radius 1 is 0.356 bits per heavy atom. The number of esters is 3. The third-order valence-corrected chi connectivity index (χ3v) is 16.2. The molecule has 0 radical (unpaired) electrons. The zero-order chi connectivity index (χ0) is 51.7. The van der Waals surface area contributed by atoms with E-state index in [4.69, 9.17) is 37.9 Å². The van der Waals surface area contributed by atoms with Gasteiger partial charge in [0.2, 0.25) is 0 Å². The minimum atomic E-state index is -0.821. The van der Waals surface area contributed by atoms with Crippen LogP contribution in [0.4, 0.5) is 0 Å². The maximum absolute atomic E-state index is 12.9. The van der Waals surface area contributed by atoms with E-state index < -0.39 is 6.10 Å². The first-order chi connectivity index (χ1) is 35.8. The number of carbonyl (C=O) groups is 3. The van der Waals surface area contributed by atoms with E-state index in [0.717, 1.165) is 148 Å². The Balaban J connectivity index is 0.854. The number of hydrogen-bond acceptors (Lipinski definition) is 12. The molecule has 5 fully saturated rings. The summed E-state index contributed by atoms with van der Waals surface area (Å²) in [6.07, 6.45) is 45.9. The van der Waals surface area contributed by atoms with Crippen molar-refractivity contribution in [3.8, 4) is 0 Å². The van der Waals surface area contributed by atoms with Crippen molar-refractivity contribution in [3.05, 3.63) is 0 Å². The first-order valence-electron chi connectivity index (χ1n) is 31.2. The molecule has 0 aromatic carbocycles. The van der Waals surface area contributed by atoms with E-state index in [1.165, 1.54) is 96.3 Å². The molecule has 12 nitrogen and oxygen atoms in total. The molecule has 12 unspecified atom stereocenters. The fourth-order valence-corrected chi connectivity index (χ4v) is 11.0. The summed E-state index contributed by atoms with van der Waals surface area (Å²) in [6, 6.07) is 0. The van der Waals surface area contributed by atoms with E-state index in [1.54, 1.807) is 0 Å². The van der Waals surface area contributed by atoms with Gasteiger partial charge in [-0.1, -0.05) is 181 Å². The zero-order valence-electron chi connectivity index (χ0n) is 46.8. The number of aliphatic hydroxyl groups is 1. The fourth-order valence-electron chi connectivity index (χ4n) is 11.0. The van der Waals surface area contributed by atoms with Crippen LogP contribution in [0.1, 0.15) is 284 Å². The normalized spacial score (nSPS) is 26.3. The average molecular weight is 1030 g/mol. The van der Waals surface area contributed by atoms with Crippen molar-refractivity contribution in [1.82, 2.24) is 0 Å². The second-order valence-corrected chi connectivity index (χ2v) is 23.1.